The lowest BCUT2D eigenvalue weighted by atomic mass is 9.84. The Morgan fingerprint density at radius 1 is 1.47 bits per heavy atom. The molecular weight excluding hydrogens is 192 g/mol. The van der Waals surface area contributed by atoms with Crippen LogP contribution in [0, 0.1) is 0 Å². The van der Waals surface area contributed by atoms with Gasteiger partial charge in [-0.1, -0.05) is 0 Å². The second-order valence-corrected chi connectivity index (χ2v) is 5.07. The first-order chi connectivity index (χ1) is 7.10. The predicted molar refractivity (Wildman–Crippen MR) is 57.9 cm³/mol. The fourth-order valence-corrected chi connectivity index (χ4v) is 2.37. The summed E-state index contributed by atoms with van der Waals surface area (Å²) in [6, 6.07) is 0.591. The number of nitrogens with zero attached hydrogens (tertiary/aromatic N) is 1. The molecule has 2 aliphatic rings. The molecule has 2 rings (SSSR count). The maximum atomic E-state index is 10.9. The summed E-state index contributed by atoms with van der Waals surface area (Å²) in [5.74, 6) is -0.673. The zero-order valence-corrected chi connectivity index (χ0v) is 9.33. The zero-order chi connectivity index (χ0) is 10.9. The van der Waals surface area contributed by atoms with Gasteiger partial charge in [0.15, 0.2) is 0 Å². The number of piperidine rings is 1. The van der Waals surface area contributed by atoms with E-state index in [-0.39, 0.29) is 12.0 Å². The second kappa shape index (κ2) is 4.10. The molecule has 1 saturated carbocycles. The molecule has 15 heavy (non-hydrogen) atoms. The molecule has 4 nitrogen and oxygen atoms in total. The SMILES string of the molecule is CN1CCC(CC(=O)O)(NC2CC2)CC1. The lowest BCUT2D eigenvalue weighted by Crippen LogP contribution is -2.54. The van der Waals surface area contributed by atoms with Crippen molar-refractivity contribution in [3.63, 3.8) is 0 Å². The van der Waals surface area contributed by atoms with Crippen molar-refractivity contribution in [3.8, 4) is 0 Å². The molecule has 0 aromatic heterocycles. The number of carboxylic acid groups (broad SMARTS) is 1. The third kappa shape index (κ3) is 2.92. The van der Waals surface area contributed by atoms with Crippen LogP contribution in [0.4, 0.5) is 0 Å². The number of rotatable bonds is 4. The maximum absolute atomic E-state index is 10.9. The fourth-order valence-electron chi connectivity index (χ4n) is 2.37. The normalized spacial score (nSPS) is 26.5. The van der Waals surface area contributed by atoms with Crippen molar-refractivity contribution in [1.29, 1.82) is 0 Å². The molecular formula is C11H20N2O2. The van der Waals surface area contributed by atoms with Crippen LogP contribution in [-0.4, -0.2) is 47.7 Å². The summed E-state index contributed by atoms with van der Waals surface area (Å²) in [6.45, 7) is 2.01. The van der Waals surface area contributed by atoms with Crippen LogP contribution in [0.15, 0.2) is 0 Å². The van der Waals surface area contributed by atoms with Crippen molar-refractivity contribution in [2.75, 3.05) is 20.1 Å². The van der Waals surface area contributed by atoms with E-state index in [0.717, 1.165) is 25.9 Å². The lowest BCUT2D eigenvalue weighted by Gasteiger charge is -2.40. The van der Waals surface area contributed by atoms with Crippen LogP contribution in [0.25, 0.3) is 0 Å². The molecule has 0 amide bonds. The number of nitrogens with one attached hydrogen (secondary N) is 1. The van der Waals surface area contributed by atoms with Crippen molar-refractivity contribution in [2.24, 2.45) is 0 Å². The molecule has 1 heterocycles. The largest absolute Gasteiger partial charge is 0.481 e. The first-order valence-electron chi connectivity index (χ1n) is 5.78. The number of aliphatic carboxylic acids is 1. The third-order valence-electron chi connectivity index (χ3n) is 3.52. The predicted octanol–water partition coefficient (Wildman–Crippen LogP) is 0.677. The minimum Gasteiger partial charge on any atom is -0.481 e. The highest BCUT2D eigenvalue weighted by Crippen LogP contribution is 2.31. The van der Waals surface area contributed by atoms with Gasteiger partial charge in [-0.25, -0.2) is 0 Å². The first-order valence-corrected chi connectivity index (χ1v) is 5.78. The molecule has 1 saturated heterocycles. The summed E-state index contributed by atoms with van der Waals surface area (Å²) in [6.07, 6.45) is 4.64. The number of carbonyl (C=O) groups is 1. The number of likely N-dealkylation sites (tertiary alicyclic amines) is 1. The molecule has 0 aromatic rings. The summed E-state index contributed by atoms with van der Waals surface area (Å²) in [4.78, 5) is 13.2. The Balaban J connectivity index is 1.97. The van der Waals surface area contributed by atoms with Gasteiger partial charge in [0.05, 0.1) is 6.42 Å². The minimum atomic E-state index is -0.673. The lowest BCUT2D eigenvalue weighted by molar-refractivity contribution is -0.139. The van der Waals surface area contributed by atoms with E-state index in [1.54, 1.807) is 0 Å². The smallest absolute Gasteiger partial charge is 0.305 e. The highest BCUT2D eigenvalue weighted by molar-refractivity contribution is 5.68. The monoisotopic (exact) mass is 212 g/mol. The topological polar surface area (TPSA) is 52.6 Å². The molecule has 0 unspecified atom stereocenters. The highest BCUT2D eigenvalue weighted by atomic mass is 16.4. The van der Waals surface area contributed by atoms with Crippen LogP contribution in [0.1, 0.15) is 32.1 Å². The van der Waals surface area contributed by atoms with Crippen LogP contribution < -0.4 is 5.32 Å². The molecule has 0 aromatic carbocycles. The van der Waals surface area contributed by atoms with Gasteiger partial charge < -0.3 is 15.3 Å². The Hall–Kier alpha value is -0.610. The van der Waals surface area contributed by atoms with E-state index in [2.05, 4.69) is 17.3 Å². The molecule has 1 aliphatic carbocycles. The van der Waals surface area contributed by atoms with Crippen molar-refractivity contribution in [1.82, 2.24) is 10.2 Å². The van der Waals surface area contributed by atoms with E-state index >= 15 is 0 Å². The summed E-state index contributed by atoms with van der Waals surface area (Å²) in [5, 5.41) is 12.5. The summed E-state index contributed by atoms with van der Waals surface area (Å²) >= 11 is 0. The van der Waals surface area contributed by atoms with Crippen LogP contribution in [0.2, 0.25) is 0 Å². The van der Waals surface area contributed by atoms with E-state index in [4.69, 9.17) is 5.11 Å². The fraction of sp³-hybridized carbons (Fsp3) is 0.909. The molecule has 4 heteroatoms. The highest BCUT2D eigenvalue weighted by Gasteiger charge is 2.39. The number of hydrogen-bond donors (Lipinski definition) is 2. The average molecular weight is 212 g/mol. The Morgan fingerprint density at radius 3 is 2.53 bits per heavy atom. The molecule has 2 N–H and O–H groups in total. The number of hydrogen-bond acceptors (Lipinski definition) is 3. The van der Waals surface area contributed by atoms with Crippen LogP contribution in [0.5, 0.6) is 0 Å². The maximum Gasteiger partial charge on any atom is 0.305 e. The summed E-state index contributed by atoms with van der Waals surface area (Å²) in [5.41, 5.74) is -0.125. The van der Waals surface area contributed by atoms with Gasteiger partial charge in [0.1, 0.15) is 0 Å². The molecule has 0 spiro atoms. The molecule has 86 valence electrons. The van der Waals surface area contributed by atoms with E-state index < -0.39 is 5.97 Å². The Bertz CT molecular complexity index is 243. The minimum absolute atomic E-state index is 0.125. The quantitative estimate of drug-likeness (QED) is 0.719. The first kappa shape index (κ1) is 10.9. The Labute approximate surface area is 90.6 Å². The van der Waals surface area contributed by atoms with Gasteiger partial charge >= 0.3 is 5.97 Å². The van der Waals surface area contributed by atoms with Gasteiger partial charge in [-0.2, -0.15) is 0 Å². The zero-order valence-electron chi connectivity index (χ0n) is 9.33. The van der Waals surface area contributed by atoms with Crippen LogP contribution in [-0.2, 0) is 4.79 Å². The van der Waals surface area contributed by atoms with Gasteiger partial charge in [-0.15, -0.1) is 0 Å². The van der Waals surface area contributed by atoms with Crippen molar-refractivity contribution in [3.05, 3.63) is 0 Å². The number of carboxylic acids is 1. The summed E-state index contributed by atoms with van der Waals surface area (Å²) in [7, 11) is 2.10. The van der Waals surface area contributed by atoms with Gasteiger partial charge in [0.25, 0.3) is 0 Å². The second-order valence-electron chi connectivity index (χ2n) is 5.07. The van der Waals surface area contributed by atoms with Gasteiger partial charge in [0.2, 0.25) is 0 Å². The standard InChI is InChI=1S/C11H20N2O2/c1-13-6-4-11(5-7-13,8-10(14)15)12-9-2-3-9/h9,12H,2-8H2,1H3,(H,14,15). The van der Waals surface area contributed by atoms with Crippen LogP contribution in [0.3, 0.4) is 0 Å². The van der Waals surface area contributed by atoms with E-state index in [1.807, 2.05) is 0 Å². The van der Waals surface area contributed by atoms with Gasteiger partial charge in [0, 0.05) is 11.6 Å². The van der Waals surface area contributed by atoms with E-state index in [9.17, 15) is 4.79 Å². The van der Waals surface area contributed by atoms with Crippen molar-refractivity contribution in [2.45, 2.75) is 43.7 Å². The van der Waals surface area contributed by atoms with E-state index in [1.165, 1.54) is 12.8 Å². The average Bonchev–Trinajstić information content (AvgIpc) is 2.93. The third-order valence-corrected chi connectivity index (χ3v) is 3.52. The van der Waals surface area contributed by atoms with E-state index in [0.29, 0.717) is 6.04 Å². The van der Waals surface area contributed by atoms with Gasteiger partial charge in [-0.3, -0.25) is 4.79 Å². The molecule has 1 aliphatic heterocycles. The van der Waals surface area contributed by atoms with Crippen molar-refractivity contribution < 1.29 is 9.90 Å². The molecule has 0 bridgehead atoms. The summed E-state index contributed by atoms with van der Waals surface area (Å²) < 4.78 is 0. The Kier molecular flexibility index (Phi) is 2.98. The van der Waals surface area contributed by atoms with Crippen molar-refractivity contribution >= 4 is 5.97 Å². The molecule has 0 atom stereocenters. The molecule has 0 radical (unpaired) electrons. The van der Waals surface area contributed by atoms with Gasteiger partial charge in [-0.05, 0) is 45.8 Å². The molecule has 2 fully saturated rings. The van der Waals surface area contributed by atoms with Crippen LogP contribution >= 0.6 is 0 Å². The Morgan fingerprint density at radius 2 is 2.07 bits per heavy atom.